The van der Waals surface area contributed by atoms with E-state index in [9.17, 15) is 14.4 Å². The van der Waals surface area contributed by atoms with Crippen LogP contribution in [0.4, 0.5) is 16.2 Å². The van der Waals surface area contributed by atoms with Gasteiger partial charge in [-0.2, -0.15) is 0 Å². The van der Waals surface area contributed by atoms with Crippen molar-refractivity contribution in [3.8, 4) is 0 Å². The molecule has 3 N–H and O–H groups in total. The van der Waals surface area contributed by atoms with Crippen molar-refractivity contribution in [2.75, 3.05) is 17.7 Å². The van der Waals surface area contributed by atoms with Crippen molar-refractivity contribution in [1.29, 1.82) is 0 Å². The molecule has 1 saturated heterocycles. The Morgan fingerprint density at radius 3 is 2.74 bits per heavy atom. The minimum Gasteiger partial charge on any atom is -0.453 e. The Hall–Kier alpha value is -2.57. The summed E-state index contributed by atoms with van der Waals surface area (Å²) in [4.78, 5) is 33.5. The Morgan fingerprint density at radius 2 is 2.11 bits per heavy atom. The normalized spacial score (nSPS) is 17.8. The highest BCUT2D eigenvalue weighted by molar-refractivity contribution is 6.06. The molecule has 1 aliphatic heterocycles. The lowest BCUT2D eigenvalue weighted by Crippen LogP contribution is -2.30. The third-order valence-corrected chi connectivity index (χ3v) is 2.60. The molecule has 0 spiro atoms. The average Bonchev–Trinajstić information content (AvgIpc) is 2.68. The third-order valence-electron chi connectivity index (χ3n) is 2.60. The summed E-state index contributed by atoms with van der Waals surface area (Å²) in [5.41, 5.74) is 1.16. The van der Waals surface area contributed by atoms with Crippen LogP contribution in [0.25, 0.3) is 0 Å². The van der Waals surface area contributed by atoms with Gasteiger partial charge >= 0.3 is 6.09 Å². The molecule has 7 heteroatoms. The Labute approximate surface area is 109 Å². The van der Waals surface area contributed by atoms with E-state index in [1.807, 2.05) is 0 Å². The van der Waals surface area contributed by atoms with Gasteiger partial charge in [-0.15, -0.1) is 0 Å². The van der Waals surface area contributed by atoms with Crippen molar-refractivity contribution in [1.82, 2.24) is 5.32 Å². The standard InChI is InChI=1S/C12H13N3O4/c1-19-12(18)14-8-4-2-3-7(5-8)13-9-6-10(16)15-11(9)17/h2-5,9,13H,6H2,1H3,(H,14,18)(H,15,16,17). The van der Waals surface area contributed by atoms with Crippen molar-refractivity contribution in [3.05, 3.63) is 24.3 Å². The molecule has 1 unspecified atom stereocenters. The molecular formula is C12H13N3O4. The third kappa shape index (κ3) is 3.21. The van der Waals surface area contributed by atoms with E-state index in [0.29, 0.717) is 11.4 Å². The highest BCUT2D eigenvalue weighted by Gasteiger charge is 2.30. The Bertz CT molecular complexity index is 529. The van der Waals surface area contributed by atoms with Gasteiger partial charge in [-0.05, 0) is 18.2 Å². The fourth-order valence-corrected chi connectivity index (χ4v) is 1.73. The van der Waals surface area contributed by atoms with Crippen LogP contribution in [0.5, 0.6) is 0 Å². The topological polar surface area (TPSA) is 96.5 Å². The van der Waals surface area contributed by atoms with Crippen LogP contribution < -0.4 is 16.0 Å². The van der Waals surface area contributed by atoms with E-state index < -0.39 is 12.1 Å². The molecule has 1 aromatic rings. The fourth-order valence-electron chi connectivity index (χ4n) is 1.73. The number of nitrogens with one attached hydrogen (secondary N) is 3. The summed E-state index contributed by atoms with van der Waals surface area (Å²) in [5.74, 6) is -0.650. The van der Waals surface area contributed by atoms with Crippen molar-refractivity contribution < 1.29 is 19.1 Å². The predicted octanol–water partition coefficient (Wildman–Crippen LogP) is 0.692. The minimum absolute atomic E-state index is 0.105. The second kappa shape index (κ2) is 5.38. The van der Waals surface area contributed by atoms with Gasteiger partial charge < -0.3 is 10.1 Å². The highest BCUT2D eigenvalue weighted by atomic mass is 16.5. The van der Waals surface area contributed by atoms with E-state index in [4.69, 9.17) is 0 Å². The minimum atomic E-state index is -0.583. The van der Waals surface area contributed by atoms with E-state index in [-0.39, 0.29) is 18.2 Å². The molecule has 0 bridgehead atoms. The Morgan fingerprint density at radius 1 is 1.37 bits per heavy atom. The molecule has 1 atom stereocenters. The van der Waals surface area contributed by atoms with Gasteiger partial charge in [0.2, 0.25) is 11.8 Å². The molecular weight excluding hydrogens is 250 g/mol. The van der Waals surface area contributed by atoms with Crippen molar-refractivity contribution >= 4 is 29.3 Å². The molecule has 2 rings (SSSR count). The number of imide groups is 1. The second-order valence-corrected chi connectivity index (χ2v) is 4.01. The first kappa shape index (κ1) is 12.9. The van der Waals surface area contributed by atoms with Gasteiger partial charge in [-0.3, -0.25) is 20.2 Å². The van der Waals surface area contributed by atoms with Crippen LogP contribution in [0.3, 0.4) is 0 Å². The van der Waals surface area contributed by atoms with Crippen molar-refractivity contribution in [3.63, 3.8) is 0 Å². The number of methoxy groups -OCH3 is 1. The zero-order chi connectivity index (χ0) is 13.8. The zero-order valence-corrected chi connectivity index (χ0v) is 10.2. The number of carbonyl (C=O) groups is 3. The van der Waals surface area contributed by atoms with Crippen molar-refractivity contribution in [2.24, 2.45) is 0 Å². The summed E-state index contributed by atoms with van der Waals surface area (Å²) in [7, 11) is 1.27. The largest absolute Gasteiger partial charge is 0.453 e. The SMILES string of the molecule is COC(=O)Nc1cccc(NC2CC(=O)NC2=O)c1. The number of benzene rings is 1. The first-order valence-corrected chi connectivity index (χ1v) is 5.64. The molecule has 100 valence electrons. The lowest BCUT2D eigenvalue weighted by Gasteiger charge is -2.12. The second-order valence-electron chi connectivity index (χ2n) is 4.01. The van der Waals surface area contributed by atoms with Gasteiger partial charge in [0.05, 0.1) is 13.5 Å². The molecule has 1 fully saturated rings. The molecule has 3 amide bonds. The molecule has 1 aliphatic rings. The van der Waals surface area contributed by atoms with Crippen LogP contribution in [0.2, 0.25) is 0 Å². The maximum Gasteiger partial charge on any atom is 0.411 e. The number of rotatable bonds is 3. The summed E-state index contributed by atoms with van der Waals surface area (Å²) >= 11 is 0. The van der Waals surface area contributed by atoms with Gasteiger partial charge in [0.1, 0.15) is 6.04 Å². The van der Waals surface area contributed by atoms with E-state index in [0.717, 1.165) is 0 Å². The average molecular weight is 263 g/mol. The number of anilines is 2. The van der Waals surface area contributed by atoms with Crippen LogP contribution in [0, 0.1) is 0 Å². The molecule has 1 aromatic carbocycles. The predicted molar refractivity (Wildman–Crippen MR) is 67.6 cm³/mol. The molecule has 0 aliphatic carbocycles. The lowest BCUT2D eigenvalue weighted by molar-refractivity contribution is -0.124. The lowest BCUT2D eigenvalue weighted by atomic mass is 10.2. The van der Waals surface area contributed by atoms with Gasteiger partial charge in [-0.1, -0.05) is 6.07 Å². The zero-order valence-electron chi connectivity index (χ0n) is 10.2. The van der Waals surface area contributed by atoms with Crippen LogP contribution in [0.1, 0.15) is 6.42 Å². The molecule has 0 saturated carbocycles. The maximum atomic E-state index is 11.4. The number of ether oxygens (including phenoxy) is 1. The summed E-state index contributed by atoms with van der Waals surface area (Å²) < 4.78 is 4.48. The summed E-state index contributed by atoms with van der Waals surface area (Å²) in [6.45, 7) is 0. The fraction of sp³-hybridized carbons (Fsp3) is 0.250. The van der Waals surface area contributed by atoms with E-state index in [1.54, 1.807) is 24.3 Å². The quantitative estimate of drug-likeness (QED) is 0.697. The van der Waals surface area contributed by atoms with Crippen LogP contribution in [0.15, 0.2) is 24.3 Å². The number of carbonyl (C=O) groups excluding carboxylic acids is 3. The molecule has 19 heavy (non-hydrogen) atoms. The van der Waals surface area contributed by atoms with Crippen LogP contribution in [-0.4, -0.2) is 31.1 Å². The number of hydrogen-bond donors (Lipinski definition) is 3. The van der Waals surface area contributed by atoms with Crippen LogP contribution >= 0.6 is 0 Å². The van der Waals surface area contributed by atoms with Gasteiger partial charge in [-0.25, -0.2) is 4.79 Å². The molecule has 0 aromatic heterocycles. The molecule has 1 heterocycles. The van der Waals surface area contributed by atoms with E-state index in [2.05, 4.69) is 20.7 Å². The number of amides is 3. The molecule has 0 radical (unpaired) electrons. The van der Waals surface area contributed by atoms with E-state index in [1.165, 1.54) is 7.11 Å². The monoisotopic (exact) mass is 263 g/mol. The first-order valence-electron chi connectivity index (χ1n) is 5.64. The summed E-state index contributed by atoms with van der Waals surface area (Å²) in [6.07, 6.45) is -0.473. The highest BCUT2D eigenvalue weighted by Crippen LogP contribution is 2.18. The van der Waals surface area contributed by atoms with Crippen molar-refractivity contribution in [2.45, 2.75) is 12.5 Å². The smallest absolute Gasteiger partial charge is 0.411 e. The van der Waals surface area contributed by atoms with E-state index >= 15 is 0 Å². The Kier molecular flexibility index (Phi) is 3.65. The summed E-state index contributed by atoms with van der Waals surface area (Å²) in [5, 5.41) is 7.65. The van der Waals surface area contributed by atoms with Gasteiger partial charge in [0, 0.05) is 11.4 Å². The first-order chi connectivity index (χ1) is 9.08. The van der Waals surface area contributed by atoms with Gasteiger partial charge in [0.15, 0.2) is 0 Å². The van der Waals surface area contributed by atoms with Crippen LogP contribution in [-0.2, 0) is 14.3 Å². The molecule has 7 nitrogen and oxygen atoms in total. The summed E-state index contributed by atoms with van der Waals surface area (Å²) in [6, 6.07) is 6.19. The van der Waals surface area contributed by atoms with Gasteiger partial charge in [0.25, 0.3) is 0 Å². The maximum absolute atomic E-state index is 11.4. The number of hydrogen-bond acceptors (Lipinski definition) is 5. The Balaban J connectivity index is 2.05.